The van der Waals surface area contributed by atoms with Crippen LogP contribution in [0.1, 0.15) is 11.3 Å². The fourth-order valence-corrected chi connectivity index (χ4v) is 1.80. The number of nitrogens with one attached hydrogen (secondary N) is 1. The molecule has 1 heterocycles. The number of ether oxygens (including phenoxy) is 2. The normalized spacial score (nSPS) is 11.2. The summed E-state index contributed by atoms with van der Waals surface area (Å²) in [7, 11) is 5.38. The maximum Gasteiger partial charge on any atom is 0.0589 e. The lowest BCUT2D eigenvalue weighted by Crippen LogP contribution is -2.30. The van der Waals surface area contributed by atoms with E-state index in [2.05, 4.69) is 27.3 Å². The van der Waals surface area contributed by atoms with E-state index in [0.717, 1.165) is 45.1 Å². The van der Waals surface area contributed by atoms with Gasteiger partial charge in [-0.1, -0.05) is 6.07 Å². The van der Waals surface area contributed by atoms with Gasteiger partial charge in [-0.3, -0.25) is 9.88 Å². The molecule has 1 aromatic heterocycles. The van der Waals surface area contributed by atoms with Gasteiger partial charge in [0.15, 0.2) is 0 Å². The van der Waals surface area contributed by atoms with E-state index < -0.39 is 0 Å². The Morgan fingerprint density at radius 1 is 1.16 bits per heavy atom. The van der Waals surface area contributed by atoms with Crippen LogP contribution in [-0.2, 0) is 22.6 Å². The highest BCUT2D eigenvalue weighted by Gasteiger charge is 2.06. The van der Waals surface area contributed by atoms with Crippen LogP contribution in [0, 0.1) is 0 Å². The van der Waals surface area contributed by atoms with E-state index in [1.165, 1.54) is 5.56 Å². The van der Waals surface area contributed by atoms with Gasteiger partial charge in [0.25, 0.3) is 0 Å². The van der Waals surface area contributed by atoms with E-state index in [1.54, 1.807) is 14.2 Å². The van der Waals surface area contributed by atoms with Crippen LogP contribution < -0.4 is 5.32 Å². The fourth-order valence-electron chi connectivity index (χ4n) is 1.80. The van der Waals surface area contributed by atoms with Crippen LogP contribution in [0.5, 0.6) is 0 Å². The number of aromatic nitrogens is 1. The number of nitrogens with zero attached hydrogens (tertiary/aromatic N) is 2. The highest BCUT2D eigenvalue weighted by Crippen LogP contribution is 2.04. The molecule has 0 spiro atoms. The quantitative estimate of drug-likeness (QED) is 0.682. The Kier molecular flexibility index (Phi) is 8.33. The molecule has 0 amide bonds. The summed E-state index contributed by atoms with van der Waals surface area (Å²) in [6.07, 6.45) is 1.93. The van der Waals surface area contributed by atoms with Crippen molar-refractivity contribution in [2.75, 3.05) is 47.6 Å². The molecule has 5 heteroatoms. The van der Waals surface area contributed by atoms with Crippen molar-refractivity contribution in [2.24, 2.45) is 0 Å². The summed E-state index contributed by atoms with van der Waals surface area (Å²) in [6.45, 7) is 4.90. The van der Waals surface area contributed by atoms with Crippen molar-refractivity contribution in [1.29, 1.82) is 0 Å². The maximum atomic E-state index is 5.13. The molecule has 0 aliphatic carbocycles. The first-order valence-electron chi connectivity index (χ1n) is 6.58. The largest absolute Gasteiger partial charge is 0.383 e. The van der Waals surface area contributed by atoms with E-state index in [4.69, 9.17) is 9.47 Å². The Labute approximate surface area is 115 Å². The first-order chi connectivity index (χ1) is 9.30. The molecule has 0 aliphatic rings. The van der Waals surface area contributed by atoms with E-state index in [-0.39, 0.29) is 0 Å². The average molecular weight is 267 g/mol. The van der Waals surface area contributed by atoms with Gasteiger partial charge in [0, 0.05) is 46.6 Å². The van der Waals surface area contributed by atoms with Gasteiger partial charge in [-0.05, 0) is 18.7 Å². The molecule has 0 atom stereocenters. The first kappa shape index (κ1) is 16.0. The van der Waals surface area contributed by atoms with Crippen LogP contribution in [0.15, 0.2) is 18.3 Å². The molecule has 0 saturated carbocycles. The van der Waals surface area contributed by atoms with Gasteiger partial charge in [-0.2, -0.15) is 0 Å². The minimum absolute atomic E-state index is 0.724. The molecular weight excluding hydrogens is 242 g/mol. The van der Waals surface area contributed by atoms with Gasteiger partial charge >= 0.3 is 0 Å². The minimum Gasteiger partial charge on any atom is -0.383 e. The molecule has 0 aliphatic heterocycles. The second kappa shape index (κ2) is 9.86. The minimum atomic E-state index is 0.724. The zero-order valence-electron chi connectivity index (χ0n) is 12.2. The molecule has 0 radical (unpaired) electrons. The molecule has 19 heavy (non-hydrogen) atoms. The van der Waals surface area contributed by atoms with E-state index >= 15 is 0 Å². The molecule has 0 unspecified atom stereocenters. The third kappa shape index (κ3) is 6.63. The summed E-state index contributed by atoms with van der Waals surface area (Å²) in [5.41, 5.74) is 2.28. The van der Waals surface area contributed by atoms with Crippen molar-refractivity contribution >= 4 is 0 Å². The Hall–Kier alpha value is -1.01. The predicted molar refractivity (Wildman–Crippen MR) is 76.0 cm³/mol. The van der Waals surface area contributed by atoms with Crippen molar-refractivity contribution in [2.45, 2.75) is 13.1 Å². The van der Waals surface area contributed by atoms with Gasteiger partial charge in [0.1, 0.15) is 0 Å². The van der Waals surface area contributed by atoms with Gasteiger partial charge in [-0.25, -0.2) is 0 Å². The SMILES string of the molecule is CNCc1ccc(CN(CCOC)CCOC)nc1. The first-order valence-corrected chi connectivity index (χ1v) is 6.58. The van der Waals surface area contributed by atoms with E-state index in [9.17, 15) is 0 Å². The average Bonchev–Trinajstić information content (AvgIpc) is 2.44. The lowest BCUT2D eigenvalue weighted by atomic mass is 10.2. The van der Waals surface area contributed by atoms with Crippen LogP contribution in [0.2, 0.25) is 0 Å². The van der Waals surface area contributed by atoms with Crippen LogP contribution >= 0.6 is 0 Å². The second-order valence-corrected chi connectivity index (χ2v) is 4.45. The fraction of sp³-hybridized carbons (Fsp3) is 0.643. The van der Waals surface area contributed by atoms with Gasteiger partial charge in [0.05, 0.1) is 18.9 Å². The Morgan fingerprint density at radius 2 is 1.84 bits per heavy atom. The number of rotatable bonds is 10. The lowest BCUT2D eigenvalue weighted by molar-refractivity contribution is 0.109. The lowest BCUT2D eigenvalue weighted by Gasteiger charge is -2.21. The highest BCUT2D eigenvalue weighted by molar-refractivity contribution is 5.13. The number of hydrogen-bond acceptors (Lipinski definition) is 5. The molecule has 0 saturated heterocycles. The summed E-state index contributed by atoms with van der Waals surface area (Å²) < 4.78 is 10.3. The summed E-state index contributed by atoms with van der Waals surface area (Å²) in [5, 5.41) is 3.12. The Balaban J connectivity index is 2.51. The molecule has 5 nitrogen and oxygen atoms in total. The molecule has 0 bridgehead atoms. The molecule has 1 N–H and O–H groups in total. The predicted octanol–water partition coefficient (Wildman–Crippen LogP) is 0.896. The smallest absolute Gasteiger partial charge is 0.0589 e. The number of pyridine rings is 1. The molecule has 0 fully saturated rings. The third-order valence-corrected chi connectivity index (χ3v) is 2.88. The molecule has 1 rings (SSSR count). The van der Waals surface area contributed by atoms with Crippen LogP contribution in [0.3, 0.4) is 0 Å². The van der Waals surface area contributed by atoms with Crippen molar-refractivity contribution in [3.8, 4) is 0 Å². The third-order valence-electron chi connectivity index (χ3n) is 2.88. The number of hydrogen-bond donors (Lipinski definition) is 1. The summed E-state index contributed by atoms with van der Waals surface area (Å²) in [6, 6.07) is 4.20. The van der Waals surface area contributed by atoms with Crippen molar-refractivity contribution in [3.63, 3.8) is 0 Å². The highest BCUT2D eigenvalue weighted by atomic mass is 16.5. The monoisotopic (exact) mass is 267 g/mol. The summed E-state index contributed by atoms with van der Waals surface area (Å²) >= 11 is 0. The second-order valence-electron chi connectivity index (χ2n) is 4.45. The van der Waals surface area contributed by atoms with E-state index in [1.807, 2.05) is 13.2 Å². The Bertz CT molecular complexity index is 322. The summed E-state index contributed by atoms with van der Waals surface area (Å²) in [5.74, 6) is 0. The molecule has 1 aromatic rings. The van der Waals surface area contributed by atoms with Gasteiger partial charge in [0.2, 0.25) is 0 Å². The van der Waals surface area contributed by atoms with Crippen LogP contribution in [-0.4, -0.2) is 57.5 Å². The van der Waals surface area contributed by atoms with Crippen LogP contribution in [0.4, 0.5) is 0 Å². The molecule has 0 aromatic carbocycles. The van der Waals surface area contributed by atoms with Crippen molar-refractivity contribution < 1.29 is 9.47 Å². The zero-order valence-corrected chi connectivity index (χ0v) is 12.2. The van der Waals surface area contributed by atoms with Crippen molar-refractivity contribution in [1.82, 2.24) is 15.2 Å². The Morgan fingerprint density at radius 3 is 2.32 bits per heavy atom. The van der Waals surface area contributed by atoms with Crippen LogP contribution in [0.25, 0.3) is 0 Å². The van der Waals surface area contributed by atoms with Crippen molar-refractivity contribution in [3.05, 3.63) is 29.6 Å². The molecular formula is C14H25N3O2. The van der Waals surface area contributed by atoms with E-state index in [0.29, 0.717) is 0 Å². The maximum absolute atomic E-state index is 5.13. The molecule has 108 valence electrons. The summed E-state index contributed by atoms with van der Waals surface area (Å²) in [4.78, 5) is 6.77. The van der Waals surface area contributed by atoms with Gasteiger partial charge in [-0.15, -0.1) is 0 Å². The zero-order chi connectivity index (χ0) is 13.9. The van der Waals surface area contributed by atoms with Gasteiger partial charge < -0.3 is 14.8 Å². The topological polar surface area (TPSA) is 46.6 Å². The standard InChI is InChI=1S/C14H25N3O2/c1-15-10-13-4-5-14(16-11-13)12-17(6-8-18-2)7-9-19-3/h4-5,11,15H,6-10,12H2,1-3H3. The number of methoxy groups -OCH3 is 2.